The molecule has 2 N–H and O–H groups in total. The molecule has 1 aromatic carbocycles. The molecule has 0 radical (unpaired) electrons. The van der Waals surface area contributed by atoms with Crippen molar-refractivity contribution in [3.05, 3.63) is 35.6 Å². The van der Waals surface area contributed by atoms with E-state index < -0.39 is 22.1 Å². The number of halogens is 1. The fourth-order valence-corrected chi connectivity index (χ4v) is 6.39. The highest BCUT2D eigenvalue weighted by Gasteiger charge is 2.43. The van der Waals surface area contributed by atoms with Crippen molar-refractivity contribution in [2.45, 2.75) is 17.5 Å². The Labute approximate surface area is 181 Å². The minimum atomic E-state index is -3.92. The van der Waals surface area contributed by atoms with Gasteiger partial charge in [-0.1, -0.05) is 23.7 Å². The predicted octanol–water partition coefficient (Wildman–Crippen LogP) is 1.00. The van der Waals surface area contributed by atoms with Gasteiger partial charge in [-0.25, -0.2) is 8.42 Å². The summed E-state index contributed by atoms with van der Waals surface area (Å²) in [6.45, 7) is 4.01. The molecule has 2 aliphatic rings. The molecule has 2 aliphatic heterocycles. The van der Waals surface area contributed by atoms with Gasteiger partial charge in [0.15, 0.2) is 5.78 Å². The number of Topliss-reactive ketones (excluding diaryl/α,β-unsaturated/α-hetero) is 1. The molecule has 30 heavy (non-hydrogen) atoms. The van der Waals surface area contributed by atoms with Gasteiger partial charge in [0.1, 0.15) is 0 Å². The standard InChI is InChI=1S/C20H26ClN5O3S/c1-24-7-9-25(10-8-24)13-17(27)15-5-6-26(20(15)22)30(28,29)18-4-2-3-14-11-23-12-16(21)19(14)18/h2-4,11-12,15,20H,5-10,13,22H2,1H3/t15?,20-/m1/s1. The Bertz CT molecular complexity index is 1050. The monoisotopic (exact) mass is 451 g/mol. The lowest BCUT2D eigenvalue weighted by atomic mass is 10.00. The topological polar surface area (TPSA) is 99.8 Å². The smallest absolute Gasteiger partial charge is 0.245 e. The van der Waals surface area contributed by atoms with Crippen molar-refractivity contribution in [2.75, 3.05) is 46.3 Å². The van der Waals surface area contributed by atoms with Crippen LogP contribution < -0.4 is 5.73 Å². The molecular weight excluding hydrogens is 426 g/mol. The number of ketones is 1. The average molecular weight is 452 g/mol. The van der Waals surface area contributed by atoms with Crippen LogP contribution in [0, 0.1) is 5.92 Å². The highest BCUT2D eigenvalue weighted by atomic mass is 35.5. The summed E-state index contributed by atoms with van der Waals surface area (Å²) in [5.74, 6) is -0.503. The Morgan fingerprint density at radius 2 is 1.93 bits per heavy atom. The number of carbonyl (C=O) groups excluding carboxylic acids is 1. The van der Waals surface area contributed by atoms with Gasteiger partial charge in [-0.15, -0.1) is 0 Å². The van der Waals surface area contributed by atoms with Crippen LogP contribution >= 0.6 is 11.6 Å². The molecule has 0 amide bonds. The molecule has 1 unspecified atom stereocenters. The largest absolute Gasteiger partial charge is 0.314 e. The van der Waals surface area contributed by atoms with E-state index in [2.05, 4.69) is 21.8 Å². The molecular formula is C20H26ClN5O3S. The molecule has 162 valence electrons. The van der Waals surface area contributed by atoms with Gasteiger partial charge in [0.25, 0.3) is 0 Å². The molecule has 2 fully saturated rings. The second-order valence-corrected chi connectivity index (χ2v) is 10.3. The Hall–Kier alpha value is -1.62. The van der Waals surface area contributed by atoms with E-state index in [1.54, 1.807) is 18.3 Å². The van der Waals surface area contributed by atoms with Gasteiger partial charge >= 0.3 is 0 Å². The number of hydrogen-bond donors (Lipinski definition) is 1. The number of piperazine rings is 1. The van der Waals surface area contributed by atoms with Crippen molar-refractivity contribution < 1.29 is 13.2 Å². The van der Waals surface area contributed by atoms with Gasteiger partial charge in [0.2, 0.25) is 10.0 Å². The third-order valence-electron chi connectivity index (χ3n) is 6.08. The average Bonchev–Trinajstić information content (AvgIpc) is 3.12. The number of likely N-dealkylation sites (N-methyl/N-ethyl adjacent to an activating group) is 1. The van der Waals surface area contributed by atoms with Gasteiger partial charge in [0.05, 0.1) is 22.6 Å². The molecule has 2 aromatic rings. The highest BCUT2D eigenvalue weighted by molar-refractivity contribution is 7.89. The number of fused-ring (bicyclic) bond motifs is 1. The molecule has 0 spiro atoms. The highest BCUT2D eigenvalue weighted by Crippen LogP contribution is 2.34. The van der Waals surface area contributed by atoms with E-state index in [1.807, 2.05) is 0 Å². The summed E-state index contributed by atoms with van der Waals surface area (Å²) in [4.78, 5) is 21.4. The normalized spacial score (nSPS) is 24.5. The maximum absolute atomic E-state index is 13.4. The lowest BCUT2D eigenvalue weighted by molar-refractivity contribution is -0.124. The Kier molecular flexibility index (Phi) is 6.11. The first-order valence-electron chi connectivity index (χ1n) is 10.0. The number of pyridine rings is 1. The van der Waals surface area contributed by atoms with Crippen molar-refractivity contribution >= 4 is 38.2 Å². The maximum atomic E-state index is 13.4. The Morgan fingerprint density at radius 3 is 2.67 bits per heavy atom. The number of aromatic nitrogens is 1. The van der Waals surface area contributed by atoms with Crippen LogP contribution in [0.25, 0.3) is 10.8 Å². The van der Waals surface area contributed by atoms with E-state index in [4.69, 9.17) is 17.3 Å². The molecule has 8 nitrogen and oxygen atoms in total. The summed E-state index contributed by atoms with van der Waals surface area (Å²) in [5.41, 5.74) is 6.31. The first-order valence-corrected chi connectivity index (χ1v) is 11.8. The second-order valence-electron chi connectivity index (χ2n) is 8.02. The summed E-state index contributed by atoms with van der Waals surface area (Å²) in [7, 11) is -1.86. The van der Waals surface area contributed by atoms with Crippen LogP contribution in [0.3, 0.4) is 0 Å². The van der Waals surface area contributed by atoms with E-state index in [1.165, 1.54) is 16.6 Å². The van der Waals surface area contributed by atoms with Gasteiger partial charge in [-0.05, 0) is 19.5 Å². The SMILES string of the molecule is CN1CCN(CC(=O)C2CCN(S(=O)(=O)c3cccc4cncc(Cl)c34)[C@H]2N)CC1. The first-order chi connectivity index (χ1) is 14.3. The number of benzene rings is 1. The molecule has 2 atom stereocenters. The van der Waals surface area contributed by atoms with E-state index in [0.717, 1.165) is 26.2 Å². The van der Waals surface area contributed by atoms with E-state index in [9.17, 15) is 13.2 Å². The van der Waals surface area contributed by atoms with Crippen molar-refractivity contribution in [1.29, 1.82) is 0 Å². The third-order valence-corrected chi connectivity index (χ3v) is 8.31. The molecule has 3 heterocycles. The fraction of sp³-hybridized carbons (Fsp3) is 0.500. The predicted molar refractivity (Wildman–Crippen MR) is 116 cm³/mol. The lowest BCUT2D eigenvalue weighted by Gasteiger charge is -2.32. The Balaban J connectivity index is 1.55. The lowest BCUT2D eigenvalue weighted by Crippen LogP contribution is -2.50. The van der Waals surface area contributed by atoms with Crippen molar-refractivity contribution in [2.24, 2.45) is 11.7 Å². The quantitative estimate of drug-likeness (QED) is 0.723. The van der Waals surface area contributed by atoms with Gasteiger partial charge < -0.3 is 10.6 Å². The van der Waals surface area contributed by atoms with Crippen LogP contribution in [-0.4, -0.2) is 85.8 Å². The summed E-state index contributed by atoms with van der Waals surface area (Å²) in [6.07, 6.45) is 2.54. The molecule has 0 saturated carbocycles. The molecule has 0 aliphatic carbocycles. The summed E-state index contributed by atoms with van der Waals surface area (Å²) < 4.78 is 28.1. The van der Waals surface area contributed by atoms with Crippen molar-refractivity contribution in [3.8, 4) is 0 Å². The summed E-state index contributed by atoms with van der Waals surface area (Å²) in [5, 5.41) is 1.33. The van der Waals surface area contributed by atoms with E-state index >= 15 is 0 Å². The Morgan fingerprint density at radius 1 is 1.20 bits per heavy atom. The van der Waals surface area contributed by atoms with Crippen LogP contribution in [0.2, 0.25) is 5.02 Å². The van der Waals surface area contributed by atoms with Gasteiger partial charge in [-0.2, -0.15) is 4.31 Å². The number of rotatable bonds is 5. The zero-order chi connectivity index (χ0) is 21.5. The number of nitrogens with zero attached hydrogens (tertiary/aromatic N) is 4. The molecule has 10 heteroatoms. The van der Waals surface area contributed by atoms with E-state index in [-0.39, 0.29) is 22.2 Å². The first kappa shape index (κ1) is 21.6. The molecule has 0 bridgehead atoms. The number of hydrogen-bond acceptors (Lipinski definition) is 7. The van der Waals surface area contributed by atoms with Crippen LogP contribution in [-0.2, 0) is 14.8 Å². The zero-order valence-corrected chi connectivity index (χ0v) is 18.4. The number of carbonyl (C=O) groups is 1. The van der Waals surface area contributed by atoms with Gasteiger partial charge in [0, 0.05) is 61.8 Å². The van der Waals surface area contributed by atoms with E-state index in [0.29, 0.717) is 23.7 Å². The van der Waals surface area contributed by atoms with Crippen molar-refractivity contribution in [1.82, 2.24) is 19.1 Å². The maximum Gasteiger partial charge on any atom is 0.245 e. The van der Waals surface area contributed by atoms with Crippen LogP contribution in [0.4, 0.5) is 0 Å². The zero-order valence-electron chi connectivity index (χ0n) is 16.9. The van der Waals surface area contributed by atoms with Crippen LogP contribution in [0.1, 0.15) is 6.42 Å². The molecule has 2 saturated heterocycles. The fourth-order valence-electron chi connectivity index (χ4n) is 4.26. The molecule has 1 aromatic heterocycles. The number of sulfonamides is 1. The van der Waals surface area contributed by atoms with Crippen LogP contribution in [0.5, 0.6) is 0 Å². The van der Waals surface area contributed by atoms with Crippen molar-refractivity contribution in [3.63, 3.8) is 0 Å². The molecule has 4 rings (SSSR count). The second kappa shape index (κ2) is 8.49. The minimum absolute atomic E-state index is 0.00454. The summed E-state index contributed by atoms with van der Waals surface area (Å²) >= 11 is 6.27. The van der Waals surface area contributed by atoms with Crippen LogP contribution in [0.15, 0.2) is 35.5 Å². The third kappa shape index (κ3) is 3.98. The summed E-state index contributed by atoms with van der Waals surface area (Å²) in [6, 6.07) is 4.94. The number of nitrogens with two attached hydrogens (primary N) is 1. The van der Waals surface area contributed by atoms with Gasteiger partial charge in [-0.3, -0.25) is 14.7 Å². The minimum Gasteiger partial charge on any atom is -0.314 e.